The third kappa shape index (κ3) is 3.29. The van der Waals surface area contributed by atoms with Crippen LogP contribution >= 0.6 is 15.9 Å². The van der Waals surface area contributed by atoms with Crippen LogP contribution in [0.1, 0.15) is 11.1 Å². The fraction of sp³-hybridized carbons (Fsp3) is 0.188. The molecule has 0 unspecified atom stereocenters. The van der Waals surface area contributed by atoms with Crippen LogP contribution < -0.4 is 10.2 Å². The molecule has 4 nitrogen and oxygen atoms in total. The van der Waals surface area contributed by atoms with E-state index in [1.54, 1.807) is 6.07 Å². The predicted octanol–water partition coefficient (Wildman–Crippen LogP) is 3.71. The summed E-state index contributed by atoms with van der Waals surface area (Å²) in [7, 11) is 0. The summed E-state index contributed by atoms with van der Waals surface area (Å²) in [4.78, 5) is 13.7. The smallest absolute Gasteiger partial charge is 0.322 e. The van der Waals surface area contributed by atoms with Crippen LogP contribution in [0.25, 0.3) is 0 Å². The molecule has 0 spiro atoms. The normalized spacial score (nSPS) is 13.1. The molecule has 0 aliphatic carbocycles. The molecule has 0 radical (unpaired) electrons. The number of fused-ring (bicyclic) bond motifs is 1. The van der Waals surface area contributed by atoms with Crippen LogP contribution in [-0.4, -0.2) is 17.7 Å². The van der Waals surface area contributed by atoms with Gasteiger partial charge in [-0.1, -0.05) is 0 Å². The first-order chi connectivity index (χ1) is 10.9. The first-order valence-corrected chi connectivity index (χ1v) is 7.75. The molecular weight excluding hydrogens is 370 g/mol. The molecule has 3 rings (SSSR count). The van der Waals surface area contributed by atoms with E-state index in [-0.39, 0.29) is 12.3 Å². The van der Waals surface area contributed by atoms with Gasteiger partial charge in [-0.25, -0.2) is 13.6 Å². The van der Waals surface area contributed by atoms with Crippen LogP contribution in [0.3, 0.4) is 0 Å². The average Bonchev–Trinajstić information content (AvgIpc) is 2.87. The molecule has 2 amide bonds. The fourth-order valence-corrected chi connectivity index (χ4v) is 2.99. The molecule has 1 aliphatic rings. The van der Waals surface area contributed by atoms with Crippen LogP contribution in [0.15, 0.2) is 34.8 Å². The fourth-order valence-electron chi connectivity index (χ4n) is 2.60. The Bertz CT molecular complexity index is 763. The van der Waals surface area contributed by atoms with E-state index < -0.39 is 17.7 Å². The van der Waals surface area contributed by atoms with Crippen LogP contribution in [-0.2, 0) is 13.0 Å². The lowest BCUT2D eigenvalue weighted by molar-refractivity contribution is 0.246. The number of phenolic OH excluding ortho intramolecular Hbond substituents is 1. The number of nitrogens with zero attached hydrogens (tertiary/aromatic N) is 1. The van der Waals surface area contributed by atoms with E-state index in [0.29, 0.717) is 28.7 Å². The van der Waals surface area contributed by atoms with Crippen LogP contribution in [0.4, 0.5) is 19.3 Å². The molecule has 2 aromatic rings. The van der Waals surface area contributed by atoms with Gasteiger partial charge in [0.1, 0.15) is 17.4 Å². The summed E-state index contributed by atoms with van der Waals surface area (Å²) in [6.45, 7) is 0.514. The predicted molar refractivity (Wildman–Crippen MR) is 85.5 cm³/mol. The minimum Gasteiger partial charge on any atom is -0.508 e. The summed E-state index contributed by atoms with van der Waals surface area (Å²) in [5.74, 6) is -1.21. The Kier molecular flexibility index (Phi) is 4.21. The number of halogens is 3. The second-order valence-electron chi connectivity index (χ2n) is 5.27. The number of hydrogen-bond acceptors (Lipinski definition) is 2. The van der Waals surface area contributed by atoms with Gasteiger partial charge in [0.25, 0.3) is 0 Å². The molecule has 0 aromatic heterocycles. The zero-order valence-electron chi connectivity index (χ0n) is 11.9. The molecule has 0 atom stereocenters. The highest BCUT2D eigenvalue weighted by Gasteiger charge is 2.26. The number of nitrogens with one attached hydrogen (secondary N) is 1. The molecule has 0 saturated heterocycles. The Labute approximate surface area is 139 Å². The van der Waals surface area contributed by atoms with Gasteiger partial charge in [0.05, 0.1) is 10.2 Å². The van der Waals surface area contributed by atoms with Crippen molar-refractivity contribution in [3.05, 3.63) is 57.6 Å². The van der Waals surface area contributed by atoms with Gasteiger partial charge in [-0.2, -0.15) is 0 Å². The van der Waals surface area contributed by atoms with Gasteiger partial charge in [-0.15, -0.1) is 0 Å². The number of amides is 2. The maximum absolute atomic E-state index is 13.7. The molecule has 120 valence electrons. The number of rotatable bonds is 2. The highest BCUT2D eigenvalue weighted by atomic mass is 79.9. The number of aromatic hydroxyl groups is 1. The maximum atomic E-state index is 13.7. The van der Waals surface area contributed by atoms with Crippen molar-refractivity contribution in [1.82, 2.24) is 5.32 Å². The third-order valence-corrected chi connectivity index (χ3v) is 4.26. The molecule has 1 heterocycles. The second-order valence-corrected chi connectivity index (χ2v) is 6.13. The van der Waals surface area contributed by atoms with Crippen molar-refractivity contribution < 1.29 is 18.7 Å². The SMILES string of the molecule is O=C(NCc1cc(O)cc(F)c1)N1CCc2cc(Br)c(F)cc21. The van der Waals surface area contributed by atoms with E-state index >= 15 is 0 Å². The standard InChI is InChI=1S/C16H13BrF2N2O2/c17-13-5-10-1-2-21(15(10)7-14(13)19)16(23)20-8-9-3-11(18)6-12(22)4-9/h3-7,22H,1-2,8H2,(H,20,23). The number of hydrogen-bond donors (Lipinski definition) is 2. The minimum absolute atomic E-state index is 0.0645. The summed E-state index contributed by atoms with van der Waals surface area (Å²) in [6, 6.07) is 6.19. The number of carbonyl (C=O) groups excluding carboxylic acids is 1. The van der Waals surface area contributed by atoms with Crippen molar-refractivity contribution in [3.8, 4) is 5.75 Å². The Morgan fingerprint density at radius 3 is 2.78 bits per heavy atom. The third-order valence-electron chi connectivity index (χ3n) is 3.65. The van der Waals surface area contributed by atoms with E-state index in [2.05, 4.69) is 21.2 Å². The first-order valence-electron chi connectivity index (χ1n) is 6.96. The molecule has 0 fully saturated rings. The highest BCUT2D eigenvalue weighted by Crippen LogP contribution is 2.32. The lowest BCUT2D eigenvalue weighted by Crippen LogP contribution is -2.38. The molecule has 2 aromatic carbocycles. The lowest BCUT2D eigenvalue weighted by atomic mass is 10.2. The van der Waals surface area contributed by atoms with E-state index in [1.165, 1.54) is 23.1 Å². The van der Waals surface area contributed by atoms with E-state index in [4.69, 9.17) is 0 Å². The number of carbonyl (C=O) groups is 1. The van der Waals surface area contributed by atoms with Crippen molar-refractivity contribution in [1.29, 1.82) is 0 Å². The number of anilines is 1. The number of benzene rings is 2. The average molecular weight is 383 g/mol. The van der Waals surface area contributed by atoms with Gasteiger partial charge >= 0.3 is 6.03 Å². The lowest BCUT2D eigenvalue weighted by Gasteiger charge is -2.18. The Morgan fingerprint density at radius 1 is 1.26 bits per heavy atom. The Hall–Kier alpha value is -2.15. The van der Waals surface area contributed by atoms with E-state index in [9.17, 15) is 18.7 Å². The van der Waals surface area contributed by atoms with Gasteiger partial charge in [0.15, 0.2) is 0 Å². The molecule has 0 saturated carbocycles. The van der Waals surface area contributed by atoms with Crippen LogP contribution in [0.5, 0.6) is 5.75 Å². The topological polar surface area (TPSA) is 52.6 Å². The maximum Gasteiger partial charge on any atom is 0.322 e. The van der Waals surface area contributed by atoms with Crippen LogP contribution in [0, 0.1) is 11.6 Å². The molecule has 1 aliphatic heterocycles. The molecule has 7 heteroatoms. The summed E-state index contributed by atoms with van der Waals surface area (Å²) >= 11 is 3.13. The molecule has 0 bridgehead atoms. The zero-order valence-corrected chi connectivity index (χ0v) is 13.5. The summed E-state index contributed by atoms with van der Waals surface area (Å²) in [5.41, 5.74) is 1.86. The van der Waals surface area contributed by atoms with Crippen molar-refractivity contribution in [3.63, 3.8) is 0 Å². The van der Waals surface area contributed by atoms with Gasteiger partial charge < -0.3 is 10.4 Å². The number of phenols is 1. The van der Waals surface area contributed by atoms with Crippen molar-refractivity contribution in [2.45, 2.75) is 13.0 Å². The summed E-state index contributed by atoms with van der Waals surface area (Å²) in [6.07, 6.45) is 0.641. The van der Waals surface area contributed by atoms with E-state index in [1.807, 2.05) is 0 Å². The number of urea groups is 1. The van der Waals surface area contributed by atoms with Crippen molar-refractivity contribution >= 4 is 27.6 Å². The molecular formula is C16H13BrF2N2O2. The van der Waals surface area contributed by atoms with Gasteiger partial charge in [-0.05, 0) is 57.7 Å². The van der Waals surface area contributed by atoms with Gasteiger partial charge in [-0.3, -0.25) is 4.90 Å². The quantitative estimate of drug-likeness (QED) is 0.831. The minimum atomic E-state index is -0.576. The summed E-state index contributed by atoms with van der Waals surface area (Å²) < 4.78 is 27.2. The molecule has 2 N–H and O–H groups in total. The Balaban J connectivity index is 1.72. The Morgan fingerprint density at radius 2 is 2.04 bits per heavy atom. The monoisotopic (exact) mass is 382 g/mol. The zero-order chi connectivity index (χ0) is 16.6. The van der Waals surface area contributed by atoms with Gasteiger partial charge in [0.2, 0.25) is 0 Å². The summed E-state index contributed by atoms with van der Waals surface area (Å²) in [5, 5.41) is 12.0. The van der Waals surface area contributed by atoms with E-state index in [0.717, 1.165) is 11.6 Å². The highest BCUT2D eigenvalue weighted by molar-refractivity contribution is 9.10. The first kappa shape index (κ1) is 15.7. The van der Waals surface area contributed by atoms with Crippen molar-refractivity contribution in [2.75, 3.05) is 11.4 Å². The molecule has 23 heavy (non-hydrogen) atoms. The van der Waals surface area contributed by atoms with Crippen LogP contribution in [0.2, 0.25) is 0 Å². The van der Waals surface area contributed by atoms with Gasteiger partial charge in [0, 0.05) is 19.2 Å². The van der Waals surface area contributed by atoms with Crippen molar-refractivity contribution in [2.24, 2.45) is 0 Å². The largest absolute Gasteiger partial charge is 0.508 e. The second kappa shape index (κ2) is 6.16.